The van der Waals surface area contributed by atoms with Crippen LogP contribution in [0.2, 0.25) is 0 Å². The first-order valence-electron chi connectivity index (χ1n) is 9.89. The number of hydrogen-bond donors (Lipinski definition) is 2. The summed E-state index contributed by atoms with van der Waals surface area (Å²) in [5, 5.41) is 7.12. The quantitative estimate of drug-likeness (QED) is 0.463. The Morgan fingerprint density at radius 3 is 2.56 bits per heavy atom. The highest BCUT2D eigenvalue weighted by Gasteiger charge is 2.33. The molecule has 0 spiro atoms. The normalized spacial score (nSPS) is 24.0. The fraction of sp³-hybridized carbons (Fsp3) is 0.947. The zero-order chi connectivity index (χ0) is 18.0. The third-order valence-electron chi connectivity index (χ3n) is 5.94. The van der Waals surface area contributed by atoms with Gasteiger partial charge in [-0.1, -0.05) is 12.8 Å². The van der Waals surface area contributed by atoms with E-state index in [1.807, 2.05) is 7.05 Å². The van der Waals surface area contributed by atoms with E-state index in [1.54, 1.807) is 14.2 Å². The highest BCUT2D eigenvalue weighted by molar-refractivity contribution is 5.79. The Bertz CT molecular complexity index is 397. The molecule has 1 aliphatic carbocycles. The van der Waals surface area contributed by atoms with E-state index < -0.39 is 0 Å². The van der Waals surface area contributed by atoms with Gasteiger partial charge in [-0.15, -0.1) is 0 Å². The molecule has 1 unspecified atom stereocenters. The van der Waals surface area contributed by atoms with Crippen molar-refractivity contribution in [1.82, 2.24) is 15.5 Å². The van der Waals surface area contributed by atoms with Crippen LogP contribution in [0.1, 0.15) is 44.9 Å². The number of methoxy groups -OCH3 is 2. The van der Waals surface area contributed by atoms with Crippen LogP contribution in [0.5, 0.6) is 0 Å². The smallest absolute Gasteiger partial charge is 0.191 e. The maximum atomic E-state index is 5.33. The number of likely N-dealkylation sites (tertiary alicyclic amines) is 1. The summed E-state index contributed by atoms with van der Waals surface area (Å²) in [6, 6.07) is 0.586. The van der Waals surface area contributed by atoms with Crippen LogP contribution in [0.3, 0.4) is 0 Å². The molecule has 2 N–H and O–H groups in total. The Morgan fingerprint density at radius 1 is 1.12 bits per heavy atom. The molecular weight excluding hydrogens is 316 g/mol. The molecule has 6 heteroatoms. The lowest BCUT2D eigenvalue weighted by atomic mass is 9.83. The zero-order valence-corrected chi connectivity index (χ0v) is 16.5. The summed E-state index contributed by atoms with van der Waals surface area (Å²) in [7, 11) is 5.44. The van der Waals surface area contributed by atoms with Crippen molar-refractivity contribution in [2.75, 3.05) is 60.7 Å². The molecule has 0 aromatic carbocycles. The molecule has 1 aliphatic heterocycles. The Hall–Kier alpha value is -0.850. The van der Waals surface area contributed by atoms with Gasteiger partial charge in [0.05, 0.1) is 6.61 Å². The van der Waals surface area contributed by atoms with Crippen molar-refractivity contribution >= 4 is 5.96 Å². The van der Waals surface area contributed by atoms with Crippen LogP contribution in [-0.4, -0.2) is 77.6 Å². The van der Waals surface area contributed by atoms with Gasteiger partial charge in [0.1, 0.15) is 0 Å². The van der Waals surface area contributed by atoms with Gasteiger partial charge in [0.2, 0.25) is 0 Å². The van der Waals surface area contributed by atoms with Gasteiger partial charge in [0, 0.05) is 53.6 Å². The van der Waals surface area contributed by atoms with Gasteiger partial charge in [0.25, 0.3) is 0 Å². The first-order valence-corrected chi connectivity index (χ1v) is 9.89. The fourth-order valence-electron chi connectivity index (χ4n) is 4.29. The van der Waals surface area contributed by atoms with Crippen LogP contribution in [0, 0.1) is 5.41 Å². The lowest BCUT2D eigenvalue weighted by molar-refractivity contribution is 0.137. The highest BCUT2D eigenvalue weighted by Crippen LogP contribution is 2.40. The Labute approximate surface area is 153 Å². The molecule has 1 atom stereocenters. The Balaban J connectivity index is 1.76. The second kappa shape index (κ2) is 11.0. The fourth-order valence-corrected chi connectivity index (χ4v) is 4.29. The topological polar surface area (TPSA) is 58.1 Å². The van der Waals surface area contributed by atoms with Crippen LogP contribution in [0.4, 0.5) is 0 Å². The van der Waals surface area contributed by atoms with Crippen LogP contribution in [0.25, 0.3) is 0 Å². The lowest BCUT2D eigenvalue weighted by Gasteiger charge is -2.30. The molecule has 2 rings (SSSR count). The maximum absolute atomic E-state index is 5.33. The second-order valence-electron chi connectivity index (χ2n) is 7.58. The number of hydrogen-bond acceptors (Lipinski definition) is 4. The predicted molar refractivity (Wildman–Crippen MR) is 103 cm³/mol. The van der Waals surface area contributed by atoms with E-state index in [0.29, 0.717) is 11.5 Å². The Morgan fingerprint density at radius 2 is 1.88 bits per heavy atom. The molecule has 25 heavy (non-hydrogen) atoms. The second-order valence-corrected chi connectivity index (χ2v) is 7.58. The van der Waals surface area contributed by atoms with Crippen LogP contribution < -0.4 is 10.6 Å². The number of nitrogens with one attached hydrogen (secondary N) is 2. The molecule has 0 radical (unpaired) electrons. The van der Waals surface area contributed by atoms with Crippen molar-refractivity contribution in [3.8, 4) is 0 Å². The molecule has 146 valence electrons. The molecule has 1 saturated heterocycles. The molecule has 6 nitrogen and oxygen atoms in total. The van der Waals surface area contributed by atoms with Gasteiger partial charge in [-0.2, -0.15) is 0 Å². The van der Waals surface area contributed by atoms with Crippen LogP contribution >= 0.6 is 0 Å². The molecule has 2 aliphatic rings. The predicted octanol–water partition coefficient (Wildman–Crippen LogP) is 1.86. The number of guanidine groups is 1. The molecule has 1 saturated carbocycles. The molecule has 0 aromatic rings. The van der Waals surface area contributed by atoms with Crippen LogP contribution in [0.15, 0.2) is 4.99 Å². The minimum absolute atomic E-state index is 0.380. The standard InChI is InChI=1S/C19H38N4O2/c1-20-18(21-15-17-7-6-11-23(17)12-14-25-3)22-16-19(10-13-24-2)8-4-5-9-19/h17H,4-16H2,1-3H3,(H2,20,21,22). The minimum atomic E-state index is 0.380. The minimum Gasteiger partial charge on any atom is -0.385 e. The number of aliphatic imine (C=N–C) groups is 1. The molecule has 0 aromatic heterocycles. The van der Waals surface area contributed by atoms with Crippen molar-refractivity contribution in [2.24, 2.45) is 10.4 Å². The van der Waals surface area contributed by atoms with E-state index >= 15 is 0 Å². The van der Waals surface area contributed by atoms with Gasteiger partial charge in [-0.3, -0.25) is 9.89 Å². The van der Waals surface area contributed by atoms with Crippen molar-refractivity contribution in [3.05, 3.63) is 0 Å². The van der Waals surface area contributed by atoms with Crippen molar-refractivity contribution in [1.29, 1.82) is 0 Å². The molecule has 0 bridgehead atoms. The van der Waals surface area contributed by atoms with Crippen molar-refractivity contribution in [3.63, 3.8) is 0 Å². The molecule has 1 heterocycles. The van der Waals surface area contributed by atoms with E-state index in [0.717, 1.165) is 45.2 Å². The van der Waals surface area contributed by atoms with E-state index in [4.69, 9.17) is 9.47 Å². The van der Waals surface area contributed by atoms with Crippen molar-refractivity contribution < 1.29 is 9.47 Å². The van der Waals surface area contributed by atoms with E-state index in [2.05, 4.69) is 20.5 Å². The number of ether oxygens (including phenoxy) is 2. The van der Waals surface area contributed by atoms with Gasteiger partial charge in [0.15, 0.2) is 5.96 Å². The van der Waals surface area contributed by atoms with E-state index in [9.17, 15) is 0 Å². The highest BCUT2D eigenvalue weighted by atomic mass is 16.5. The summed E-state index contributed by atoms with van der Waals surface area (Å²) < 4.78 is 10.6. The number of rotatable bonds is 10. The summed E-state index contributed by atoms with van der Waals surface area (Å²) in [5.74, 6) is 0.933. The molecular formula is C19H38N4O2. The van der Waals surface area contributed by atoms with Gasteiger partial charge in [-0.25, -0.2) is 0 Å². The Kier molecular flexibility index (Phi) is 8.99. The monoisotopic (exact) mass is 354 g/mol. The summed E-state index contributed by atoms with van der Waals surface area (Å²) in [4.78, 5) is 6.96. The van der Waals surface area contributed by atoms with Crippen molar-refractivity contribution in [2.45, 2.75) is 51.0 Å². The average Bonchev–Trinajstić information content (AvgIpc) is 3.28. The first-order chi connectivity index (χ1) is 12.2. The summed E-state index contributed by atoms with van der Waals surface area (Å²) in [6.07, 6.45) is 8.96. The van der Waals surface area contributed by atoms with Gasteiger partial charge >= 0.3 is 0 Å². The third-order valence-corrected chi connectivity index (χ3v) is 5.94. The van der Waals surface area contributed by atoms with Gasteiger partial charge in [-0.05, 0) is 44.1 Å². The zero-order valence-electron chi connectivity index (χ0n) is 16.5. The van der Waals surface area contributed by atoms with Crippen LogP contribution in [-0.2, 0) is 9.47 Å². The van der Waals surface area contributed by atoms with E-state index in [1.165, 1.54) is 45.1 Å². The third kappa shape index (κ3) is 6.42. The number of nitrogens with zero attached hydrogens (tertiary/aromatic N) is 2. The first kappa shape index (κ1) is 20.5. The maximum Gasteiger partial charge on any atom is 0.191 e. The molecule has 2 fully saturated rings. The molecule has 0 amide bonds. The lowest BCUT2D eigenvalue weighted by Crippen LogP contribution is -2.47. The van der Waals surface area contributed by atoms with Gasteiger partial charge < -0.3 is 20.1 Å². The summed E-state index contributed by atoms with van der Waals surface area (Å²) in [5.41, 5.74) is 0.380. The summed E-state index contributed by atoms with van der Waals surface area (Å²) in [6.45, 7) is 5.81. The average molecular weight is 355 g/mol. The summed E-state index contributed by atoms with van der Waals surface area (Å²) >= 11 is 0. The largest absolute Gasteiger partial charge is 0.385 e. The SMILES string of the molecule is CN=C(NCC1CCCN1CCOC)NCC1(CCOC)CCCC1. The van der Waals surface area contributed by atoms with E-state index in [-0.39, 0.29) is 0 Å².